The molecule has 3 nitrogen and oxygen atoms in total. The highest BCUT2D eigenvalue weighted by molar-refractivity contribution is 5.36. The summed E-state index contributed by atoms with van der Waals surface area (Å²) in [5.74, 6) is 0.609. The Bertz CT molecular complexity index is 341. The van der Waals surface area contributed by atoms with Crippen molar-refractivity contribution in [3.8, 4) is 11.8 Å². The first-order chi connectivity index (χ1) is 6.63. The number of rotatable bonds is 3. The van der Waals surface area contributed by atoms with E-state index in [1.807, 2.05) is 6.07 Å². The van der Waals surface area contributed by atoms with Crippen molar-refractivity contribution < 1.29 is 9.84 Å². The zero-order valence-corrected chi connectivity index (χ0v) is 8.27. The largest absolute Gasteiger partial charge is 0.488 e. The third kappa shape index (κ3) is 2.75. The van der Waals surface area contributed by atoms with Gasteiger partial charge in [-0.1, -0.05) is 6.07 Å². The fourth-order valence-corrected chi connectivity index (χ4v) is 0.952. The highest BCUT2D eigenvalue weighted by Gasteiger charge is 2.09. The lowest BCUT2D eigenvalue weighted by Gasteiger charge is -2.16. The van der Waals surface area contributed by atoms with Crippen LogP contribution in [-0.4, -0.2) is 17.3 Å². The van der Waals surface area contributed by atoms with E-state index in [0.29, 0.717) is 11.3 Å². The van der Waals surface area contributed by atoms with E-state index < -0.39 is 6.10 Å². The van der Waals surface area contributed by atoms with Crippen LogP contribution >= 0.6 is 0 Å². The molecule has 1 aromatic carbocycles. The van der Waals surface area contributed by atoms with Crippen LogP contribution in [0.15, 0.2) is 24.3 Å². The molecule has 2 unspecified atom stereocenters. The van der Waals surface area contributed by atoms with Crippen LogP contribution in [-0.2, 0) is 0 Å². The quantitative estimate of drug-likeness (QED) is 0.791. The van der Waals surface area contributed by atoms with E-state index in [4.69, 9.17) is 10.00 Å². The van der Waals surface area contributed by atoms with Crippen molar-refractivity contribution in [3.05, 3.63) is 29.8 Å². The Morgan fingerprint density at radius 3 is 2.71 bits per heavy atom. The van der Waals surface area contributed by atoms with Gasteiger partial charge in [0.15, 0.2) is 0 Å². The van der Waals surface area contributed by atoms with E-state index in [0.717, 1.165) is 0 Å². The third-order valence-corrected chi connectivity index (χ3v) is 1.96. The van der Waals surface area contributed by atoms with Crippen LogP contribution in [0.4, 0.5) is 0 Å². The summed E-state index contributed by atoms with van der Waals surface area (Å²) in [5.41, 5.74) is 0.556. The molecule has 1 aromatic rings. The Hall–Kier alpha value is -1.53. The molecule has 0 bridgehead atoms. The fraction of sp³-hybridized carbons (Fsp3) is 0.364. The van der Waals surface area contributed by atoms with Gasteiger partial charge in [-0.15, -0.1) is 0 Å². The molecule has 0 aliphatic heterocycles. The van der Waals surface area contributed by atoms with E-state index in [1.165, 1.54) is 0 Å². The molecule has 0 spiro atoms. The molecular weight excluding hydrogens is 178 g/mol. The van der Waals surface area contributed by atoms with Gasteiger partial charge < -0.3 is 9.84 Å². The molecule has 0 aromatic heterocycles. The minimum absolute atomic E-state index is 0.274. The minimum atomic E-state index is -0.527. The Labute approximate surface area is 83.6 Å². The molecule has 3 heteroatoms. The summed E-state index contributed by atoms with van der Waals surface area (Å²) in [6, 6.07) is 8.90. The van der Waals surface area contributed by atoms with Gasteiger partial charge in [-0.2, -0.15) is 5.26 Å². The average molecular weight is 191 g/mol. The van der Waals surface area contributed by atoms with E-state index >= 15 is 0 Å². The number of ether oxygens (including phenoxy) is 1. The predicted molar refractivity (Wildman–Crippen MR) is 52.9 cm³/mol. The summed E-state index contributed by atoms with van der Waals surface area (Å²) in [6.45, 7) is 3.45. The number of aliphatic hydroxyl groups is 1. The van der Waals surface area contributed by atoms with Crippen LogP contribution in [0.25, 0.3) is 0 Å². The first kappa shape index (κ1) is 10.6. The zero-order chi connectivity index (χ0) is 10.6. The van der Waals surface area contributed by atoms with Gasteiger partial charge in [0.25, 0.3) is 0 Å². The molecule has 0 radical (unpaired) electrons. The normalized spacial score (nSPS) is 14.1. The number of hydrogen-bond acceptors (Lipinski definition) is 3. The second kappa shape index (κ2) is 4.64. The molecule has 0 saturated heterocycles. The molecule has 2 atom stereocenters. The van der Waals surface area contributed by atoms with E-state index in [-0.39, 0.29) is 6.10 Å². The highest BCUT2D eigenvalue weighted by Crippen LogP contribution is 2.15. The summed E-state index contributed by atoms with van der Waals surface area (Å²) < 4.78 is 5.42. The molecule has 0 aliphatic carbocycles. The van der Waals surface area contributed by atoms with Crippen LogP contribution in [0, 0.1) is 11.3 Å². The molecule has 74 valence electrons. The van der Waals surface area contributed by atoms with Crippen molar-refractivity contribution in [3.63, 3.8) is 0 Å². The zero-order valence-electron chi connectivity index (χ0n) is 8.27. The van der Waals surface area contributed by atoms with Crippen LogP contribution in [0.3, 0.4) is 0 Å². The number of benzene rings is 1. The molecular formula is C11H13NO2. The summed E-state index contributed by atoms with van der Waals surface area (Å²) in [7, 11) is 0. The summed E-state index contributed by atoms with van der Waals surface area (Å²) in [5, 5.41) is 17.9. The molecule has 0 amide bonds. The molecule has 1 rings (SSSR count). The lowest BCUT2D eigenvalue weighted by atomic mass is 10.2. The van der Waals surface area contributed by atoms with Crippen molar-refractivity contribution >= 4 is 0 Å². The lowest BCUT2D eigenvalue weighted by molar-refractivity contribution is 0.0604. The Kier molecular flexibility index (Phi) is 3.49. The monoisotopic (exact) mass is 191 g/mol. The summed E-state index contributed by atoms with van der Waals surface area (Å²) in [4.78, 5) is 0. The smallest absolute Gasteiger partial charge is 0.121 e. The summed E-state index contributed by atoms with van der Waals surface area (Å²) in [6.07, 6.45) is -0.801. The standard InChI is InChI=1S/C11H13NO2/c1-8(13)9(2)14-11-5-3-4-10(6-11)7-12/h3-6,8-9,13H,1-2H3. The predicted octanol–water partition coefficient (Wildman–Crippen LogP) is 1.71. The molecule has 14 heavy (non-hydrogen) atoms. The number of hydrogen-bond donors (Lipinski definition) is 1. The molecule has 0 fully saturated rings. The maximum atomic E-state index is 9.22. The number of nitriles is 1. The van der Waals surface area contributed by atoms with Crippen LogP contribution < -0.4 is 4.74 Å². The Morgan fingerprint density at radius 1 is 1.43 bits per heavy atom. The van der Waals surface area contributed by atoms with Crippen LogP contribution in [0.1, 0.15) is 19.4 Å². The molecule has 0 saturated carbocycles. The summed E-state index contributed by atoms with van der Waals surface area (Å²) >= 11 is 0. The highest BCUT2D eigenvalue weighted by atomic mass is 16.5. The van der Waals surface area contributed by atoms with Gasteiger partial charge in [-0.3, -0.25) is 0 Å². The second-order valence-electron chi connectivity index (χ2n) is 3.20. The van der Waals surface area contributed by atoms with E-state index in [2.05, 4.69) is 0 Å². The van der Waals surface area contributed by atoms with Gasteiger partial charge in [0.2, 0.25) is 0 Å². The van der Waals surface area contributed by atoms with Gasteiger partial charge in [0.1, 0.15) is 11.9 Å². The minimum Gasteiger partial charge on any atom is -0.488 e. The van der Waals surface area contributed by atoms with Gasteiger partial charge in [-0.05, 0) is 32.0 Å². The first-order valence-electron chi connectivity index (χ1n) is 4.48. The van der Waals surface area contributed by atoms with Gasteiger partial charge in [-0.25, -0.2) is 0 Å². The molecule has 0 heterocycles. The van der Waals surface area contributed by atoms with Crippen molar-refractivity contribution in [1.82, 2.24) is 0 Å². The SMILES string of the molecule is CC(O)C(C)Oc1cccc(C#N)c1. The van der Waals surface area contributed by atoms with Crippen LogP contribution in [0.2, 0.25) is 0 Å². The van der Waals surface area contributed by atoms with Crippen molar-refractivity contribution in [2.75, 3.05) is 0 Å². The van der Waals surface area contributed by atoms with Gasteiger partial charge in [0, 0.05) is 0 Å². The number of nitrogens with zero attached hydrogens (tertiary/aromatic N) is 1. The maximum absolute atomic E-state index is 9.22. The van der Waals surface area contributed by atoms with Gasteiger partial charge >= 0.3 is 0 Å². The van der Waals surface area contributed by atoms with Crippen molar-refractivity contribution in [2.45, 2.75) is 26.1 Å². The Balaban J connectivity index is 2.73. The van der Waals surface area contributed by atoms with Gasteiger partial charge in [0.05, 0.1) is 17.7 Å². The third-order valence-electron chi connectivity index (χ3n) is 1.96. The van der Waals surface area contributed by atoms with Crippen LogP contribution in [0.5, 0.6) is 5.75 Å². The lowest BCUT2D eigenvalue weighted by Crippen LogP contribution is -2.25. The topological polar surface area (TPSA) is 53.2 Å². The Morgan fingerprint density at radius 2 is 2.14 bits per heavy atom. The molecule has 0 aliphatic rings. The maximum Gasteiger partial charge on any atom is 0.121 e. The molecule has 1 N–H and O–H groups in total. The average Bonchev–Trinajstić information content (AvgIpc) is 2.18. The number of aliphatic hydroxyl groups excluding tert-OH is 1. The van der Waals surface area contributed by atoms with E-state index in [1.54, 1.807) is 38.1 Å². The van der Waals surface area contributed by atoms with E-state index in [9.17, 15) is 5.11 Å². The fourth-order valence-electron chi connectivity index (χ4n) is 0.952. The van der Waals surface area contributed by atoms with Crippen molar-refractivity contribution in [1.29, 1.82) is 5.26 Å². The van der Waals surface area contributed by atoms with Crippen molar-refractivity contribution in [2.24, 2.45) is 0 Å². The second-order valence-corrected chi connectivity index (χ2v) is 3.20. The first-order valence-corrected chi connectivity index (χ1v) is 4.48.